The molecule has 2 aromatic rings. The molecule has 36 heavy (non-hydrogen) atoms. The molecule has 3 rings (SSSR count). The number of imide groups is 1. The van der Waals surface area contributed by atoms with Gasteiger partial charge in [0.15, 0.2) is 11.5 Å². The third-order valence-corrected chi connectivity index (χ3v) is 5.73. The van der Waals surface area contributed by atoms with Crippen LogP contribution in [-0.4, -0.2) is 56.0 Å². The molecule has 10 nitrogen and oxygen atoms in total. The summed E-state index contributed by atoms with van der Waals surface area (Å²) in [5.74, 6) is -1.70. The molecule has 1 aliphatic rings. The number of hydrogen-bond donors (Lipinski definition) is 1. The standard InChI is InChI=1S/C26H29N3O7/c1-6-8-22(30)29(27-25(32)17-13-20(34-3)24(36-5)21(14-17)35-4)19-15-23(31)28(26(19)33)18-11-9-16(7-2)10-12-18/h6,8-14,19H,7,15H2,1-5H3,(H,27,32). The summed E-state index contributed by atoms with van der Waals surface area (Å²) in [6.07, 6.45) is 3.20. The molecule has 1 N–H and O–H groups in total. The zero-order valence-electron chi connectivity index (χ0n) is 20.9. The van der Waals surface area contributed by atoms with E-state index in [9.17, 15) is 19.2 Å². The summed E-state index contributed by atoms with van der Waals surface area (Å²) in [7, 11) is 4.25. The van der Waals surface area contributed by atoms with Gasteiger partial charge < -0.3 is 14.2 Å². The average Bonchev–Trinajstić information content (AvgIpc) is 3.19. The first-order valence-electron chi connectivity index (χ1n) is 11.3. The van der Waals surface area contributed by atoms with Gasteiger partial charge in [-0.2, -0.15) is 0 Å². The van der Waals surface area contributed by atoms with Crippen LogP contribution in [0.2, 0.25) is 0 Å². The van der Waals surface area contributed by atoms with E-state index in [0.29, 0.717) is 11.4 Å². The lowest BCUT2D eigenvalue weighted by Crippen LogP contribution is -2.54. The van der Waals surface area contributed by atoms with Crippen molar-refractivity contribution in [2.75, 3.05) is 26.2 Å². The van der Waals surface area contributed by atoms with E-state index >= 15 is 0 Å². The number of methoxy groups -OCH3 is 3. The van der Waals surface area contributed by atoms with E-state index < -0.39 is 29.7 Å². The number of rotatable bonds is 8. The number of carbonyl (C=O) groups is 4. The number of hydrazine groups is 1. The normalized spacial score (nSPS) is 15.2. The van der Waals surface area contributed by atoms with E-state index in [1.807, 2.05) is 19.1 Å². The Morgan fingerprint density at radius 2 is 1.67 bits per heavy atom. The van der Waals surface area contributed by atoms with Gasteiger partial charge in [-0.1, -0.05) is 25.1 Å². The van der Waals surface area contributed by atoms with E-state index in [1.165, 1.54) is 45.6 Å². The Labute approximate surface area is 209 Å². The lowest BCUT2D eigenvalue weighted by molar-refractivity contribution is -0.137. The molecule has 0 saturated carbocycles. The number of allylic oxidation sites excluding steroid dienone is 1. The average molecular weight is 496 g/mol. The second kappa shape index (κ2) is 11.4. The molecular weight excluding hydrogens is 466 g/mol. The highest BCUT2D eigenvalue weighted by Gasteiger charge is 2.45. The van der Waals surface area contributed by atoms with Crippen molar-refractivity contribution < 1.29 is 33.4 Å². The van der Waals surface area contributed by atoms with Gasteiger partial charge in [0.25, 0.3) is 17.7 Å². The third kappa shape index (κ3) is 5.17. The van der Waals surface area contributed by atoms with E-state index in [1.54, 1.807) is 19.1 Å². The van der Waals surface area contributed by atoms with E-state index in [2.05, 4.69) is 5.43 Å². The van der Waals surface area contributed by atoms with Crippen molar-refractivity contribution in [2.45, 2.75) is 32.7 Å². The molecule has 0 radical (unpaired) electrons. The van der Waals surface area contributed by atoms with Gasteiger partial charge in [0.1, 0.15) is 6.04 Å². The highest BCUT2D eigenvalue weighted by Crippen LogP contribution is 2.38. The van der Waals surface area contributed by atoms with E-state index in [0.717, 1.165) is 21.9 Å². The first-order valence-corrected chi connectivity index (χ1v) is 11.3. The number of benzene rings is 2. The van der Waals surface area contributed by atoms with E-state index in [-0.39, 0.29) is 23.5 Å². The van der Waals surface area contributed by atoms with Crippen molar-refractivity contribution in [1.29, 1.82) is 0 Å². The summed E-state index contributed by atoms with van der Waals surface area (Å²) in [6.45, 7) is 3.62. The van der Waals surface area contributed by atoms with Crippen LogP contribution in [0.1, 0.15) is 36.2 Å². The van der Waals surface area contributed by atoms with E-state index in [4.69, 9.17) is 14.2 Å². The fraction of sp³-hybridized carbons (Fsp3) is 0.308. The first-order chi connectivity index (χ1) is 17.3. The molecule has 1 unspecified atom stereocenters. The zero-order chi connectivity index (χ0) is 26.4. The molecule has 2 aromatic carbocycles. The number of nitrogens with one attached hydrogen (secondary N) is 1. The molecule has 0 spiro atoms. The number of amides is 4. The number of aryl methyl sites for hydroxylation is 1. The highest BCUT2D eigenvalue weighted by molar-refractivity contribution is 6.23. The van der Waals surface area contributed by atoms with Gasteiger partial charge >= 0.3 is 0 Å². The summed E-state index contributed by atoms with van der Waals surface area (Å²) >= 11 is 0. The zero-order valence-corrected chi connectivity index (χ0v) is 20.9. The Morgan fingerprint density at radius 1 is 1.06 bits per heavy atom. The number of hydrogen-bond acceptors (Lipinski definition) is 7. The fourth-order valence-corrected chi connectivity index (χ4v) is 3.87. The summed E-state index contributed by atoms with van der Waals surface area (Å²) in [4.78, 5) is 53.2. The molecule has 1 atom stereocenters. The van der Waals surface area contributed by atoms with Crippen LogP contribution in [0.15, 0.2) is 48.6 Å². The van der Waals surface area contributed by atoms with Crippen LogP contribution in [0.4, 0.5) is 5.69 Å². The van der Waals surface area contributed by atoms with Gasteiger partial charge in [-0.05, 0) is 43.2 Å². The van der Waals surface area contributed by atoms with Crippen LogP contribution in [-0.2, 0) is 20.8 Å². The summed E-state index contributed by atoms with van der Waals surface area (Å²) in [6, 6.07) is 8.64. The molecule has 190 valence electrons. The first kappa shape index (κ1) is 26.3. The van der Waals surface area contributed by atoms with Gasteiger partial charge in [-0.3, -0.25) is 24.6 Å². The Morgan fingerprint density at radius 3 is 2.17 bits per heavy atom. The fourth-order valence-electron chi connectivity index (χ4n) is 3.87. The van der Waals surface area contributed by atoms with Gasteiger partial charge in [0, 0.05) is 11.6 Å². The minimum atomic E-state index is -1.22. The molecule has 1 saturated heterocycles. The van der Waals surface area contributed by atoms with Crippen molar-refractivity contribution in [3.63, 3.8) is 0 Å². The molecule has 1 heterocycles. The lowest BCUT2D eigenvalue weighted by atomic mass is 10.1. The largest absolute Gasteiger partial charge is 0.493 e. The maximum absolute atomic E-state index is 13.3. The number of anilines is 1. The van der Waals surface area contributed by atoms with Gasteiger partial charge in [0.2, 0.25) is 11.7 Å². The van der Waals surface area contributed by atoms with Gasteiger partial charge in [-0.15, -0.1) is 0 Å². The molecule has 10 heteroatoms. The molecule has 4 amide bonds. The van der Waals surface area contributed by atoms with Gasteiger partial charge in [-0.25, -0.2) is 9.91 Å². The predicted octanol–water partition coefficient (Wildman–Crippen LogP) is 2.66. The minimum Gasteiger partial charge on any atom is -0.493 e. The summed E-state index contributed by atoms with van der Waals surface area (Å²) in [5, 5.41) is 0.881. The topological polar surface area (TPSA) is 114 Å². The second-order valence-corrected chi connectivity index (χ2v) is 7.87. The second-order valence-electron chi connectivity index (χ2n) is 7.87. The molecule has 1 fully saturated rings. The van der Waals surface area contributed by atoms with Crippen molar-refractivity contribution >= 4 is 29.3 Å². The maximum Gasteiger partial charge on any atom is 0.270 e. The van der Waals surface area contributed by atoms with Crippen molar-refractivity contribution in [1.82, 2.24) is 10.4 Å². The maximum atomic E-state index is 13.3. The molecule has 0 aromatic heterocycles. The smallest absolute Gasteiger partial charge is 0.270 e. The Balaban J connectivity index is 1.93. The summed E-state index contributed by atoms with van der Waals surface area (Å²) < 4.78 is 15.9. The molecule has 1 aliphatic heterocycles. The highest BCUT2D eigenvalue weighted by atomic mass is 16.5. The van der Waals surface area contributed by atoms with Crippen molar-refractivity contribution in [3.8, 4) is 17.2 Å². The van der Waals surface area contributed by atoms with Crippen LogP contribution in [0.5, 0.6) is 17.2 Å². The van der Waals surface area contributed by atoms with Crippen molar-refractivity contribution in [2.24, 2.45) is 0 Å². The van der Waals surface area contributed by atoms with Crippen LogP contribution in [0, 0.1) is 0 Å². The molecule has 0 aliphatic carbocycles. The Hall–Kier alpha value is -4.34. The molecular formula is C26H29N3O7. The third-order valence-electron chi connectivity index (χ3n) is 5.73. The van der Waals surface area contributed by atoms with Crippen LogP contribution < -0.4 is 24.5 Å². The van der Waals surface area contributed by atoms with Crippen LogP contribution in [0.25, 0.3) is 0 Å². The van der Waals surface area contributed by atoms with Crippen molar-refractivity contribution in [3.05, 3.63) is 59.7 Å². The monoisotopic (exact) mass is 495 g/mol. The number of nitrogens with zero attached hydrogens (tertiary/aromatic N) is 2. The van der Waals surface area contributed by atoms with Crippen LogP contribution >= 0.6 is 0 Å². The lowest BCUT2D eigenvalue weighted by Gasteiger charge is -2.27. The SMILES string of the molecule is CC=CC(=O)N(NC(=O)c1cc(OC)c(OC)c(OC)c1)C1CC(=O)N(c2ccc(CC)cc2)C1=O. The summed E-state index contributed by atoms with van der Waals surface area (Å²) in [5.41, 5.74) is 4.03. The quantitative estimate of drug-likeness (QED) is 0.340. The molecule has 0 bridgehead atoms. The van der Waals surface area contributed by atoms with Crippen LogP contribution in [0.3, 0.4) is 0 Å². The number of carbonyl (C=O) groups excluding carboxylic acids is 4. The Bertz CT molecular complexity index is 1170. The minimum absolute atomic E-state index is 0.0894. The number of ether oxygens (including phenoxy) is 3. The Kier molecular flexibility index (Phi) is 8.31. The van der Waals surface area contributed by atoms with Gasteiger partial charge in [0.05, 0.1) is 33.4 Å². The predicted molar refractivity (Wildman–Crippen MR) is 132 cm³/mol.